The maximum atomic E-state index is 9.77. The Labute approximate surface area is 109 Å². The molecule has 1 heterocycles. The lowest BCUT2D eigenvalue weighted by molar-refractivity contribution is 0.152. The molecule has 1 saturated heterocycles. The van der Waals surface area contributed by atoms with Gasteiger partial charge in [-0.3, -0.25) is 4.90 Å². The van der Waals surface area contributed by atoms with E-state index in [2.05, 4.69) is 17.0 Å². The van der Waals surface area contributed by atoms with Crippen LogP contribution in [0.1, 0.15) is 23.1 Å². The number of phenols is 1. The molecule has 0 aliphatic carbocycles. The molecule has 1 aliphatic heterocycles. The van der Waals surface area contributed by atoms with E-state index in [0.29, 0.717) is 11.7 Å². The smallest absolute Gasteiger partial charge is 0.121 e. The number of hydrogen-bond acceptors (Lipinski definition) is 3. The Morgan fingerprint density at radius 3 is 2.61 bits per heavy atom. The van der Waals surface area contributed by atoms with Gasteiger partial charge >= 0.3 is 0 Å². The van der Waals surface area contributed by atoms with Gasteiger partial charge in [0.25, 0.3) is 0 Å². The molecule has 3 nitrogen and oxygen atoms in total. The molecule has 0 spiro atoms. The third-order valence-corrected chi connectivity index (χ3v) is 3.73. The Bertz CT molecular complexity index is 394. The second-order valence-corrected chi connectivity index (χ2v) is 5.42. The zero-order valence-corrected chi connectivity index (χ0v) is 11.6. The Hall–Kier alpha value is -1.06. The summed E-state index contributed by atoms with van der Waals surface area (Å²) in [5.41, 5.74) is 3.23. The van der Waals surface area contributed by atoms with Crippen LogP contribution in [-0.2, 0) is 11.3 Å². The second-order valence-electron chi connectivity index (χ2n) is 5.42. The molecule has 1 fully saturated rings. The first-order chi connectivity index (χ1) is 8.60. The summed E-state index contributed by atoms with van der Waals surface area (Å²) in [5.74, 6) is 1.10. The molecule has 1 aromatic carbocycles. The van der Waals surface area contributed by atoms with E-state index in [1.165, 1.54) is 12.0 Å². The highest BCUT2D eigenvalue weighted by Crippen LogP contribution is 2.25. The summed E-state index contributed by atoms with van der Waals surface area (Å²) in [6.45, 7) is 8.03. The first-order valence-electron chi connectivity index (χ1n) is 6.60. The molecule has 1 N–H and O–H groups in total. The molecule has 0 aromatic heterocycles. The van der Waals surface area contributed by atoms with Crippen molar-refractivity contribution in [3.63, 3.8) is 0 Å². The second kappa shape index (κ2) is 5.72. The highest BCUT2D eigenvalue weighted by molar-refractivity contribution is 5.42. The quantitative estimate of drug-likeness (QED) is 0.890. The SMILES string of the molecule is COCC1CCN(Cc2cc(C)c(O)c(C)c2)C1. The Morgan fingerprint density at radius 1 is 1.33 bits per heavy atom. The van der Waals surface area contributed by atoms with Gasteiger partial charge in [0, 0.05) is 20.2 Å². The molecule has 1 atom stereocenters. The number of likely N-dealkylation sites (tertiary alicyclic amines) is 1. The van der Waals surface area contributed by atoms with E-state index in [4.69, 9.17) is 4.74 Å². The van der Waals surface area contributed by atoms with E-state index in [1.807, 2.05) is 13.8 Å². The zero-order chi connectivity index (χ0) is 13.1. The van der Waals surface area contributed by atoms with Crippen molar-refractivity contribution in [2.45, 2.75) is 26.8 Å². The molecule has 1 aliphatic rings. The third-order valence-electron chi connectivity index (χ3n) is 3.73. The normalized spacial score (nSPS) is 20.5. The maximum absolute atomic E-state index is 9.77. The fraction of sp³-hybridized carbons (Fsp3) is 0.600. The van der Waals surface area contributed by atoms with Gasteiger partial charge in [-0.05, 0) is 49.4 Å². The van der Waals surface area contributed by atoms with Crippen LogP contribution in [-0.4, -0.2) is 36.8 Å². The molecule has 0 radical (unpaired) electrons. The molecule has 1 unspecified atom stereocenters. The zero-order valence-electron chi connectivity index (χ0n) is 11.6. The number of nitrogens with zero attached hydrogens (tertiary/aromatic N) is 1. The molecular weight excluding hydrogens is 226 g/mol. The van der Waals surface area contributed by atoms with Crippen molar-refractivity contribution in [1.82, 2.24) is 4.90 Å². The molecule has 1 aromatic rings. The Balaban J connectivity index is 1.98. The van der Waals surface area contributed by atoms with Gasteiger partial charge in [-0.1, -0.05) is 12.1 Å². The van der Waals surface area contributed by atoms with Gasteiger partial charge in [0.15, 0.2) is 0 Å². The summed E-state index contributed by atoms with van der Waals surface area (Å²) in [5, 5.41) is 9.77. The van der Waals surface area contributed by atoms with Crippen LogP contribution in [0.3, 0.4) is 0 Å². The lowest BCUT2D eigenvalue weighted by atomic mass is 10.1. The van der Waals surface area contributed by atoms with Crippen LogP contribution < -0.4 is 0 Å². The average molecular weight is 249 g/mol. The van der Waals surface area contributed by atoms with E-state index in [-0.39, 0.29) is 0 Å². The van der Waals surface area contributed by atoms with Gasteiger partial charge in [0.05, 0.1) is 6.61 Å². The summed E-state index contributed by atoms with van der Waals surface area (Å²) < 4.78 is 5.22. The lowest BCUT2D eigenvalue weighted by Crippen LogP contribution is -2.21. The number of benzene rings is 1. The highest BCUT2D eigenvalue weighted by atomic mass is 16.5. The maximum Gasteiger partial charge on any atom is 0.121 e. The van der Waals surface area contributed by atoms with Gasteiger partial charge in [0.2, 0.25) is 0 Å². The van der Waals surface area contributed by atoms with E-state index in [1.54, 1.807) is 7.11 Å². The first-order valence-corrected chi connectivity index (χ1v) is 6.60. The fourth-order valence-electron chi connectivity index (χ4n) is 2.82. The number of hydrogen-bond donors (Lipinski definition) is 1. The third kappa shape index (κ3) is 3.03. The van der Waals surface area contributed by atoms with Gasteiger partial charge in [0.1, 0.15) is 5.75 Å². The number of phenolic OH excluding ortho intramolecular Hbond substituents is 1. The van der Waals surface area contributed by atoms with Gasteiger partial charge in [-0.25, -0.2) is 0 Å². The summed E-state index contributed by atoms with van der Waals surface area (Å²) in [6, 6.07) is 4.18. The van der Waals surface area contributed by atoms with Crippen LogP contribution in [0.2, 0.25) is 0 Å². The van der Waals surface area contributed by atoms with Crippen LogP contribution in [0.5, 0.6) is 5.75 Å². The van der Waals surface area contributed by atoms with Gasteiger partial charge in [-0.2, -0.15) is 0 Å². The first kappa shape index (κ1) is 13.4. The fourth-order valence-corrected chi connectivity index (χ4v) is 2.82. The van der Waals surface area contributed by atoms with Crippen LogP contribution >= 0.6 is 0 Å². The summed E-state index contributed by atoms with van der Waals surface area (Å²) in [6.07, 6.45) is 1.23. The minimum absolute atomic E-state index is 0.428. The molecule has 0 bridgehead atoms. The van der Waals surface area contributed by atoms with Crippen molar-refractivity contribution >= 4 is 0 Å². The van der Waals surface area contributed by atoms with E-state index in [0.717, 1.165) is 37.4 Å². The monoisotopic (exact) mass is 249 g/mol. The van der Waals surface area contributed by atoms with Crippen LogP contribution in [0.25, 0.3) is 0 Å². The standard InChI is InChI=1S/C15H23NO2/c1-11-6-14(7-12(2)15(11)17)9-16-5-4-13(8-16)10-18-3/h6-7,13,17H,4-5,8-10H2,1-3H3. The summed E-state index contributed by atoms with van der Waals surface area (Å²) in [7, 11) is 1.77. The van der Waals surface area contributed by atoms with Crippen LogP contribution in [0.15, 0.2) is 12.1 Å². The molecule has 0 amide bonds. The van der Waals surface area contributed by atoms with Gasteiger partial charge < -0.3 is 9.84 Å². The van der Waals surface area contributed by atoms with E-state index in [9.17, 15) is 5.11 Å². The van der Waals surface area contributed by atoms with Crippen molar-refractivity contribution in [3.8, 4) is 5.75 Å². The van der Waals surface area contributed by atoms with Crippen LogP contribution in [0, 0.1) is 19.8 Å². The van der Waals surface area contributed by atoms with Crippen molar-refractivity contribution < 1.29 is 9.84 Å². The topological polar surface area (TPSA) is 32.7 Å². The molecule has 0 saturated carbocycles. The molecule has 18 heavy (non-hydrogen) atoms. The Morgan fingerprint density at radius 2 is 2.00 bits per heavy atom. The largest absolute Gasteiger partial charge is 0.507 e. The van der Waals surface area contributed by atoms with Crippen molar-refractivity contribution in [1.29, 1.82) is 0 Å². The number of methoxy groups -OCH3 is 1. The molecule has 100 valence electrons. The lowest BCUT2D eigenvalue weighted by Gasteiger charge is -2.17. The van der Waals surface area contributed by atoms with E-state index < -0.39 is 0 Å². The summed E-state index contributed by atoms with van der Waals surface area (Å²) >= 11 is 0. The predicted octanol–water partition coefficient (Wildman–Crippen LogP) is 2.48. The molecule has 3 heteroatoms. The number of aromatic hydroxyl groups is 1. The Kier molecular flexibility index (Phi) is 4.25. The van der Waals surface area contributed by atoms with Crippen LogP contribution in [0.4, 0.5) is 0 Å². The van der Waals surface area contributed by atoms with Gasteiger partial charge in [-0.15, -0.1) is 0 Å². The minimum atomic E-state index is 0.428. The van der Waals surface area contributed by atoms with E-state index >= 15 is 0 Å². The van der Waals surface area contributed by atoms with Crippen molar-refractivity contribution in [2.24, 2.45) is 5.92 Å². The number of rotatable bonds is 4. The number of aryl methyl sites for hydroxylation is 2. The minimum Gasteiger partial charge on any atom is -0.507 e. The average Bonchev–Trinajstić information content (AvgIpc) is 2.74. The van der Waals surface area contributed by atoms with Crippen molar-refractivity contribution in [2.75, 3.05) is 26.8 Å². The molecular formula is C15H23NO2. The summed E-state index contributed by atoms with van der Waals surface area (Å²) in [4.78, 5) is 2.47. The van der Waals surface area contributed by atoms with Crippen molar-refractivity contribution in [3.05, 3.63) is 28.8 Å². The molecule has 2 rings (SSSR count). The highest BCUT2D eigenvalue weighted by Gasteiger charge is 2.22. The number of ether oxygens (including phenoxy) is 1. The predicted molar refractivity (Wildman–Crippen MR) is 72.8 cm³/mol.